The Hall–Kier alpha value is -4.16. The van der Waals surface area contributed by atoms with E-state index in [1.54, 1.807) is 24.3 Å². The number of nitrogens with zero attached hydrogens (tertiary/aromatic N) is 1. The van der Waals surface area contributed by atoms with Crippen molar-refractivity contribution < 1.29 is 13.9 Å². The van der Waals surface area contributed by atoms with Crippen LogP contribution in [0.1, 0.15) is 9.67 Å². The van der Waals surface area contributed by atoms with Gasteiger partial charge in [-0.1, -0.05) is 30.3 Å². The van der Waals surface area contributed by atoms with Gasteiger partial charge in [-0.2, -0.15) is 0 Å². The second-order valence-corrected chi connectivity index (χ2v) is 8.20. The Kier molecular flexibility index (Phi) is 5.74. The summed E-state index contributed by atoms with van der Waals surface area (Å²) in [6.07, 6.45) is 3.78. The molecule has 0 fully saturated rings. The maximum Gasteiger partial charge on any atom is 0.267 e. The van der Waals surface area contributed by atoms with Crippen molar-refractivity contribution >= 4 is 22.9 Å². The molecule has 0 unspecified atom stereocenters. The summed E-state index contributed by atoms with van der Waals surface area (Å²) in [5.41, 5.74) is 3.14. The molecule has 0 spiro atoms. The number of amides is 1. The topological polar surface area (TPSA) is 43.3 Å². The molecule has 33 heavy (non-hydrogen) atoms. The molecule has 0 aliphatic carbocycles. The van der Waals surface area contributed by atoms with Crippen LogP contribution >= 0.6 is 11.3 Å². The lowest BCUT2D eigenvalue weighted by atomic mass is 10.1. The van der Waals surface area contributed by atoms with Crippen LogP contribution in [0, 0.1) is 5.82 Å². The van der Waals surface area contributed by atoms with Crippen LogP contribution in [0.5, 0.6) is 11.5 Å². The van der Waals surface area contributed by atoms with Crippen LogP contribution in [0.2, 0.25) is 0 Å². The molecule has 5 aromatic rings. The predicted octanol–water partition coefficient (Wildman–Crippen LogP) is 7.39. The van der Waals surface area contributed by atoms with Gasteiger partial charge in [0.25, 0.3) is 5.91 Å². The molecule has 0 radical (unpaired) electrons. The van der Waals surface area contributed by atoms with Crippen LogP contribution in [0.4, 0.5) is 10.1 Å². The zero-order valence-electron chi connectivity index (χ0n) is 17.4. The van der Waals surface area contributed by atoms with E-state index in [9.17, 15) is 9.18 Å². The van der Waals surface area contributed by atoms with E-state index >= 15 is 0 Å². The molecule has 5 rings (SSSR count). The van der Waals surface area contributed by atoms with Crippen molar-refractivity contribution in [3.8, 4) is 28.3 Å². The van der Waals surface area contributed by atoms with Gasteiger partial charge in [-0.15, -0.1) is 11.3 Å². The maximum atomic E-state index is 13.4. The quantitative estimate of drug-likeness (QED) is 0.291. The van der Waals surface area contributed by atoms with E-state index in [4.69, 9.17) is 4.74 Å². The standard InChI is InChI=1S/C27H19FN2O2S/c28-20-10-8-19(9-11-20)24-18-33-26(25(24)30-16-4-5-17-30)27(31)29-21-12-14-23(15-13-21)32-22-6-2-1-3-7-22/h1-18H,(H,29,31). The van der Waals surface area contributed by atoms with Gasteiger partial charge in [0, 0.05) is 29.0 Å². The van der Waals surface area contributed by atoms with Crippen LogP contribution in [0.3, 0.4) is 0 Å². The molecule has 0 bridgehead atoms. The summed E-state index contributed by atoms with van der Waals surface area (Å²) in [4.78, 5) is 13.8. The highest BCUT2D eigenvalue weighted by Crippen LogP contribution is 2.35. The molecule has 1 amide bonds. The number of hydrogen-bond donors (Lipinski definition) is 1. The van der Waals surface area contributed by atoms with E-state index in [-0.39, 0.29) is 11.7 Å². The molecule has 6 heteroatoms. The molecule has 0 aliphatic rings. The average molecular weight is 455 g/mol. The van der Waals surface area contributed by atoms with Crippen molar-refractivity contribution in [2.75, 3.05) is 5.32 Å². The number of carbonyl (C=O) groups is 1. The van der Waals surface area contributed by atoms with E-state index in [0.29, 0.717) is 16.3 Å². The van der Waals surface area contributed by atoms with Crippen molar-refractivity contribution in [2.24, 2.45) is 0 Å². The highest BCUT2D eigenvalue weighted by atomic mass is 32.1. The first-order valence-electron chi connectivity index (χ1n) is 10.3. The van der Waals surface area contributed by atoms with E-state index < -0.39 is 0 Å². The minimum absolute atomic E-state index is 0.214. The van der Waals surface area contributed by atoms with Crippen LogP contribution in [0.15, 0.2) is 109 Å². The Balaban J connectivity index is 1.40. The molecule has 0 saturated carbocycles. The number of hydrogen-bond acceptors (Lipinski definition) is 3. The fraction of sp³-hybridized carbons (Fsp3) is 0. The highest BCUT2D eigenvalue weighted by Gasteiger charge is 2.20. The third-order valence-electron chi connectivity index (χ3n) is 5.08. The summed E-state index contributed by atoms with van der Waals surface area (Å²) in [6, 6.07) is 26.8. The lowest BCUT2D eigenvalue weighted by Crippen LogP contribution is -2.12. The minimum Gasteiger partial charge on any atom is -0.457 e. The van der Waals surface area contributed by atoms with Crippen LogP contribution in [0.25, 0.3) is 16.8 Å². The van der Waals surface area contributed by atoms with Crippen molar-refractivity contribution in [3.05, 3.63) is 119 Å². The van der Waals surface area contributed by atoms with Gasteiger partial charge >= 0.3 is 0 Å². The first kappa shape index (κ1) is 20.7. The minimum atomic E-state index is -0.297. The van der Waals surface area contributed by atoms with Gasteiger partial charge in [0.05, 0.1) is 5.69 Å². The lowest BCUT2D eigenvalue weighted by Gasteiger charge is -2.11. The van der Waals surface area contributed by atoms with Gasteiger partial charge in [0.1, 0.15) is 22.2 Å². The summed E-state index contributed by atoms with van der Waals surface area (Å²) in [5.74, 6) is 0.919. The smallest absolute Gasteiger partial charge is 0.267 e. The normalized spacial score (nSPS) is 10.7. The van der Waals surface area contributed by atoms with Gasteiger partial charge in [-0.25, -0.2) is 4.39 Å². The van der Waals surface area contributed by atoms with E-state index in [1.165, 1.54) is 23.5 Å². The number of anilines is 1. The number of halogens is 1. The second kappa shape index (κ2) is 9.14. The zero-order valence-corrected chi connectivity index (χ0v) is 18.3. The van der Waals surface area contributed by atoms with Gasteiger partial charge in [0.2, 0.25) is 0 Å². The molecule has 4 nitrogen and oxygen atoms in total. The zero-order chi connectivity index (χ0) is 22.6. The maximum absolute atomic E-state index is 13.4. The van der Waals surface area contributed by atoms with E-state index in [2.05, 4.69) is 5.32 Å². The van der Waals surface area contributed by atoms with Crippen molar-refractivity contribution in [3.63, 3.8) is 0 Å². The van der Waals surface area contributed by atoms with E-state index in [1.807, 2.05) is 76.9 Å². The van der Waals surface area contributed by atoms with Gasteiger partial charge < -0.3 is 14.6 Å². The number of aromatic nitrogens is 1. The van der Waals surface area contributed by atoms with Crippen molar-refractivity contribution in [2.45, 2.75) is 0 Å². The fourth-order valence-corrected chi connectivity index (χ4v) is 4.47. The molecule has 2 heterocycles. The first-order valence-corrected chi connectivity index (χ1v) is 11.2. The Morgan fingerprint density at radius 3 is 2.18 bits per heavy atom. The van der Waals surface area contributed by atoms with Crippen LogP contribution in [-0.2, 0) is 0 Å². The number of thiophene rings is 1. The first-order chi connectivity index (χ1) is 16.2. The molecule has 0 saturated heterocycles. The Bertz CT molecular complexity index is 1360. The van der Waals surface area contributed by atoms with Crippen LogP contribution in [-0.4, -0.2) is 10.5 Å². The van der Waals surface area contributed by atoms with Crippen LogP contribution < -0.4 is 10.1 Å². The Morgan fingerprint density at radius 1 is 0.818 bits per heavy atom. The van der Waals surface area contributed by atoms with Gasteiger partial charge in [0.15, 0.2) is 0 Å². The van der Waals surface area contributed by atoms with Crippen molar-refractivity contribution in [1.82, 2.24) is 4.57 Å². The number of rotatable bonds is 6. The third kappa shape index (κ3) is 4.56. The molecule has 0 aliphatic heterocycles. The van der Waals surface area contributed by atoms with Gasteiger partial charge in [-0.3, -0.25) is 4.79 Å². The third-order valence-corrected chi connectivity index (χ3v) is 6.05. The SMILES string of the molecule is O=C(Nc1ccc(Oc2ccccc2)cc1)c1scc(-c2ccc(F)cc2)c1-n1cccc1. The van der Waals surface area contributed by atoms with E-state index in [0.717, 1.165) is 22.6 Å². The molecular formula is C27H19FN2O2S. The number of para-hydroxylation sites is 1. The summed E-state index contributed by atoms with van der Waals surface area (Å²) >= 11 is 1.35. The van der Waals surface area contributed by atoms with Crippen molar-refractivity contribution in [1.29, 1.82) is 0 Å². The summed E-state index contributed by atoms with van der Waals surface area (Å²) < 4.78 is 21.1. The Morgan fingerprint density at radius 2 is 1.48 bits per heavy atom. The summed E-state index contributed by atoms with van der Waals surface area (Å²) in [7, 11) is 0. The highest BCUT2D eigenvalue weighted by molar-refractivity contribution is 7.13. The molecule has 162 valence electrons. The Labute approximate surface area is 194 Å². The number of nitrogens with one attached hydrogen (secondary N) is 1. The molecule has 0 atom stereocenters. The molecular weight excluding hydrogens is 435 g/mol. The second-order valence-electron chi connectivity index (χ2n) is 7.32. The monoisotopic (exact) mass is 454 g/mol. The number of carbonyl (C=O) groups excluding carboxylic acids is 1. The number of ether oxygens (including phenoxy) is 1. The van der Waals surface area contributed by atoms with Gasteiger partial charge in [-0.05, 0) is 66.2 Å². The molecule has 2 aromatic heterocycles. The molecule has 3 aromatic carbocycles. The summed E-state index contributed by atoms with van der Waals surface area (Å²) in [6.45, 7) is 0. The lowest BCUT2D eigenvalue weighted by molar-refractivity contribution is 0.103. The summed E-state index contributed by atoms with van der Waals surface area (Å²) in [5, 5.41) is 4.89. The number of benzene rings is 3. The average Bonchev–Trinajstić information content (AvgIpc) is 3.51. The largest absolute Gasteiger partial charge is 0.457 e. The molecule has 1 N–H and O–H groups in total. The predicted molar refractivity (Wildman–Crippen MR) is 130 cm³/mol. The fourth-order valence-electron chi connectivity index (χ4n) is 3.51.